The maximum Gasteiger partial charge on any atom is 0.227 e. The number of rotatable bonds is 5. The third kappa shape index (κ3) is 4.65. The van der Waals surface area contributed by atoms with Gasteiger partial charge in [-0.25, -0.2) is 13.1 Å². The number of nitriles is 1. The lowest BCUT2D eigenvalue weighted by Gasteiger charge is -2.05. The molecule has 4 nitrogen and oxygen atoms in total. The van der Waals surface area contributed by atoms with Crippen LogP contribution in [0.15, 0.2) is 12.2 Å². The minimum Gasteiger partial charge on any atom is -0.214 e. The molecule has 0 aliphatic rings. The van der Waals surface area contributed by atoms with Crippen LogP contribution in [0.5, 0.6) is 0 Å². The van der Waals surface area contributed by atoms with Gasteiger partial charge in [-0.1, -0.05) is 12.2 Å². The summed E-state index contributed by atoms with van der Waals surface area (Å²) in [5.41, 5.74) is 0. The molecule has 1 N–H and O–H groups in total. The molecule has 0 saturated carbocycles. The van der Waals surface area contributed by atoms with E-state index in [1.165, 1.54) is 6.92 Å². The van der Waals surface area contributed by atoms with E-state index in [1.54, 1.807) is 6.07 Å². The van der Waals surface area contributed by atoms with Gasteiger partial charge in [0.2, 0.25) is 10.0 Å². The highest BCUT2D eigenvalue weighted by Gasteiger charge is 2.18. The molecule has 0 bridgehead atoms. The average molecular weight is 202 g/mol. The zero-order valence-electron chi connectivity index (χ0n) is 7.82. The number of hydrogen-bond donors (Lipinski definition) is 1. The standard InChI is InChI=1S/C8H14N2O2S/c1-3-4-5-6-10-13(11,12)8(2)7-9/h3-4,8,10H,5-6H2,1-2H3/b4-3+. The van der Waals surface area contributed by atoms with Gasteiger partial charge in [0.15, 0.2) is 5.25 Å². The van der Waals surface area contributed by atoms with E-state index in [1.807, 2.05) is 19.1 Å². The van der Waals surface area contributed by atoms with Crippen LogP contribution in [0.4, 0.5) is 0 Å². The summed E-state index contributed by atoms with van der Waals surface area (Å²) in [5.74, 6) is 0. The van der Waals surface area contributed by atoms with Gasteiger partial charge >= 0.3 is 0 Å². The Hall–Kier alpha value is -0.860. The molecule has 0 radical (unpaired) electrons. The first-order chi connectivity index (χ1) is 6.04. The van der Waals surface area contributed by atoms with E-state index in [2.05, 4.69) is 4.72 Å². The summed E-state index contributed by atoms with van der Waals surface area (Å²) < 4.78 is 24.7. The summed E-state index contributed by atoms with van der Waals surface area (Å²) >= 11 is 0. The lowest BCUT2D eigenvalue weighted by molar-refractivity contribution is 0.577. The highest BCUT2D eigenvalue weighted by Crippen LogP contribution is 1.95. The van der Waals surface area contributed by atoms with Crippen molar-refractivity contribution in [3.8, 4) is 6.07 Å². The molecule has 0 aliphatic heterocycles. The molecule has 0 aliphatic carbocycles. The summed E-state index contributed by atoms with van der Waals surface area (Å²) in [5, 5.41) is 7.40. The minimum absolute atomic E-state index is 0.346. The Morgan fingerprint density at radius 3 is 2.69 bits per heavy atom. The van der Waals surface area contributed by atoms with Crippen LogP contribution in [-0.4, -0.2) is 20.2 Å². The highest BCUT2D eigenvalue weighted by molar-refractivity contribution is 7.90. The normalized spacial score (nSPS) is 14.2. The fourth-order valence-electron chi connectivity index (χ4n) is 0.646. The Labute approximate surface area is 79.3 Å². The van der Waals surface area contributed by atoms with Crippen LogP contribution >= 0.6 is 0 Å². The van der Waals surface area contributed by atoms with Gasteiger partial charge in [0.1, 0.15) is 0 Å². The van der Waals surface area contributed by atoms with E-state index in [-0.39, 0.29) is 0 Å². The zero-order valence-corrected chi connectivity index (χ0v) is 8.63. The predicted octanol–water partition coefficient (Wildman–Crippen LogP) is 0.784. The number of hydrogen-bond acceptors (Lipinski definition) is 3. The molecule has 0 spiro atoms. The highest BCUT2D eigenvalue weighted by atomic mass is 32.2. The molecule has 74 valence electrons. The first-order valence-corrected chi connectivity index (χ1v) is 5.58. The number of sulfonamides is 1. The summed E-state index contributed by atoms with van der Waals surface area (Å²) in [6.07, 6.45) is 4.36. The van der Waals surface area contributed by atoms with Crippen LogP contribution in [0.25, 0.3) is 0 Å². The predicted molar refractivity (Wildman–Crippen MR) is 51.4 cm³/mol. The van der Waals surface area contributed by atoms with Crippen LogP contribution in [0, 0.1) is 11.3 Å². The van der Waals surface area contributed by atoms with Crippen LogP contribution in [0.1, 0.15) is 20.3 Å². The molecular weight excluding hydrogens is 188 g/mol. The molecule has 0 aromatic carbocycles. The van der Waals surface area contributed by atoms with E-state index >= 15 is 0 Å². The van der Waals surface area contributed by atoms with Gasteiger partial charge in [-0.3, -0.25) is 0 Å². The van der Waals surface area contributed by atoms with Crippen molar-refractivity contribution < 1.29 is 8.42 Å². The Balaban J connectivity index is 4.00. The second-order valence-electron chi connectivity index (χ2n) is 2.57. The van der Waals surface area contributed by atoms with Crippen LogP contribution < -0.4 is 4.72 Å². The lowest BCUT2D eigenvalue weighted by Crippen LogP contribution is -2.32. The van der Waals surface area contributed by atoms with Crippen molar-refractivity contribution in [1.82, 2.24) is 4.72 Å². The second-order valence-corrected chi connectivity index (χ2v) is 4.65. The summed E-state index contributed by atoms with van der Waals surface area (Å²) in [7, 11) is -3.44. The molecule has 0 fully saturated rings. The van der Waals surface area contributed by atoms with Gasteiger partial charge in [-0.05, 0) is 20.3 Å². The molecule has 0 rings (SSSR count). The van der Waals surface area contributed by atoms with Gasteiger partial charge in [0.25, 0.3) is 0 Å². The lowest BCUT2D eigenvalue weighted by atomic mass is 10.4. The fraction of sp³-hybridized carbons (Fsp3) is 0.625. The van der Waals surface area contributed by atoms with Crippen LogP contribution in [-0.2, 0) is 10.0 Å². The smallest absolute Gasteiger partial charge is 0.214 e. The molecule has 0 saturated heterocycles. The van der Waals surface area contributed by atoms with E-state index in [0.29, 0.717) is 13.0 Å². The molecular formula is C8H14N2O2S. The SMILES string of the molecule is C/C=C/CCNS(=O)(=O)C(C)C#N. The van der Waals surface area contributed by atoms with Crippen LogP contribution in [0.2, 0.25) is 0 Å². The quantitative estimate of drug-likeness (QED) is 0.529. The van der Waals surface area contributed by atoms with Gasteiger partial charge in [-0.2, -0.15) is 5.26 Å². The summed E-state index contributed by atoms with van der Waals surface area (Å²) in [6, 6.07) is 1.68. The number of nitrogens with one attached hydrogen (secondary N) is 1. The van der Waals surface area contributed by atoms with Gasteiger partial charge < -0.3 is 0 Å². The summed E-state index contributed by atoms with van der Waals surface area (Å²) in [6.45, 7) is 3.57. The third-order valence-corrected chi connectivity index (χ3v) is 3.14. The monoisotopic (exact) mass is 202 g/mol. The van der Waals surface area contributed by atoms with Crippen LogP contribution in [0.3, 0.4) is 0 Å². The Kier molecular flexibility index (Phi) is 5.35. The van der Waals surface area contributed by atoms with E-state index in [9.17, 15) is 8.42 Å². The molecule has 13 heavy (non-hydrogen) atoms. The average Bonchev–Trinajstić information content (AvgIpc) is 2.11. The maximum absolute atomic E-state index is 11.2. The van der Waals surface area contributed by atoms with Crippen molar-refractivity contribution in [3.63, 3.8) is 0 Å². The first-order valence-electron chi connectivity index (χ1n) is 4.04. The molecule has 0 heterocycles. The van der Waals surface area contributed by atoms with E-state index in [0.717, 1.165) is 0 Å². The van der Waals surface area contributed by atoms with Crippen molar-refractivity contribution in [2.24, 2.45) is 0 Å². The van der Waals surface area contributed by atoms with Gasteiger partial charge in [0, 0.05) is 6.54 Å². The topological polar surface area (TPSA) is 70.0 Å². The molecule has 1 atom stereocenters. The Morgan fingerprint density at radius 1 is 1.62 bits per heavy atom. The van der Waals surface area contributed by atoms with E-state index in [4.69, 9.17) is 5.26 Å². The zero-order chi connectivity index (χ0) is 10.3. The fourth-order valence-corrected chi connectivity index (χ4v) is 1.44. The van der Waals surface area contributed by atoms with Crippen molar-refractivity contribution in [1.29, 1.82) is 5.26 Å². The van der Waals surface area contributed by atoms with Crippen molar-refractivity contribution in [2.75, 3.05) is 6.54 Å². The largest absolute Gasteiger partial charge is 0.227 e. The van der Waals surface area contributed by atoms with Gasteiger partial charge in [0.05, 0.1) is 6.07 Å². The first kappa shape index (κ1) is 12.1. The van der Waals surface area contributed by atoms with Gasteiger partial charge in [-0.15, -0.1) is 0 Å². The molecule has 0 aromatic rings. The maximum atomic E-state index is 11.2. The van der Waals surface area contributed by atoms with Crippen molar-refractivity contribution in [2.45, 2.75) is 25.5 Å². The molecule has 1 unspecified atom stereocenters. The molecule has 0 aromatic heterocycles. The summed E-state index contributed by atoms with van der Waals surface area (Å²) in [4.78, 5) is 0. The number of allylic oxidation sites excluding steroid dienone is 1. The second kappa shape index (κ2) is 5.73. The molecule has 5 heteroatoms. The van der Waals surface area contributed by atoms with E-state index < -0.39 is 15.3 Å². The Morgan fingerprint density at radius 2 is 2.23 bits per heavy atom. The van der Waals surface area contributed by atoms with Crippen molar-refractivity contribution in [3.05, 3.63) is 12.2 Å². The van der Waals surface area contributed by atoms with Crippen molar-refractivity contribution >= 4 is 10.0 Å². The number of nitrogens with zero attached hydrogens (tertiary/aromatic N) is 1. The third-order valence-electron chi connectivity index (χ3n) is 1.50. The molecule has 0 amide bonds. The minimum atomic E-state index is -3.44. The Bertz CT molecular complexity index is 301.